The zero-order valence-corrected chi connectivity index (χ0v) is 32.1. The third-order valence-electron chi connectivity index (χ3n) is 11.8. The predicted molar refractivity (Wildman–Crippen MR) is 234 cm³/mol. The molecule has 0 fully saturated rings. The Balaban J connectivity index is 1.12. The second-order valence-electron chi connectivity index (χ2n) is 15.2. The van der Waals surface area contributed by atoms with Crippen molar-refractivity contribution in [3.8, 4) is 78.5 Å². The Morgan fingerprint density at radius 1 is 0.379 bits per heavy atom. The van der Waals surface area contributed by atoms with Crippen LogP contribution in [-0.2, 0) is 5.41 Å². The van der Waals surface area contributed by atoms with Crippen LogP contribution in [0.5, 0.6) is 11.5 Å². The summed E-state index contributed by atoms with van der Waals surface area (Å²) in [6.07, 6.45) is 1.89. The molecule has 1 aliphatic heterocycles. The number of benzene rings is 7. The van der Waals surface area contributed by atoms with Gasteiger partial charge in [-0.2, -0.15) is 0 Å². The van der Waals surface area contributed by atoms with Gasteiger partial charge in [-0.25, -0.2) is 9.97 Å². The van der Waals surface area contributed by atoms with Crippen LogP contribution in [0, 0.1) is 13.8 Å². The largest absolute Gasteiger partial charge is 0.457 e. The third kappa shape index (κ3) is 5.33. The Kier molecular flexibility index (Phi) is 7.80. The van der Waals surface area contributed by atoms with E-state index in [1.807, 2.05) is 26.1 Å². The number of ether oxygens (including phenoxy) is 1. The van der Waals surface area contributed by atoms with Gasteiger partial charge in [0, 0.05) is 34.1 Å². The van der Waals surface area contributed by atoms with Crippen molar-refractivity contribution in [1.82, 2.24) is 15.0 Å². The fraction of sp³-hybridized carbons (Fsp3) is 0.0556. The van der Waals surface area contributed by atoms with Crippen LogP contribution >= 0.6 is 0 Å². The molecule has 2 aliphatic rings. The summed E-state index contributed by atoms with van der Waals surface area (Å²) in [5, 5.41) is 0. The molecular formula is C54H37N3O. The molecule has 9 aromatic rings. The Morgan fingerprint density at radius 3 is 1.76 bits per heavy atom. The molecule has 274 valence electrons. The van der Waals surface area contributed by atoms with Gasteiger partial charge in [0.15, 0.2) is 0 Å². The molecule has 4 heteroatoms. The van der Waals surface area contributed by atoms with E-state index >= 15 is 0 Å². The van der Waals surface area contributed by atoms with E-state index in [1.54, 1.807) is 0 Å². The Hall–Kier alpha value is -7.43. The minimum atomic E-state index is -0.654. The van der Waals surface area contributed by atoms with Gasteiger partial charge >= 0.3 is 0 Å². The van der Waals surface area contributed by atoms with E-state index in [9.17, 15) is 0 Å². The Bertz CT molecular complexity index is 3080. The summed E-state index contributed by atoms with van der Waals surface area (Å²) in [5.41, 5.74) is 18.3. The van der Waals surface area contributed by atoms with Crippen LogP contribution in [-0.4, -0.2) is 15.0 Å². The number of hydrogen-bond donors (Lipinski definition) is 0. The van der Waals surface area contributed by atoms with Crippen molar-refractivity contribution in [3.05, 3.63) is 222 Å². The second kappa shape index (κ2) is 13.4. The summed E-state index contributed by atoms with van der Waals surface area (Å²) in [7, 11) is 0. The molecule has 2 aromatic heterocycles. The van der Waals surface area contributed by atoms with Crippen LogP contribution in [0.15, 0.2) is 188 Å². The fourth-order valence-electron chi connectivity index (χ4n) is 9.28. The SMILES string of the molecule is Cc1cc(-c2ccccc2-c2ccc3c(c2)C2(c4ccccc4O3)c3ccccc3-c3ccc(-c4cc(-c5cccc(-c6ccccc6)c5)nc(C)n4)cc32)ccn1. The summed E-state index contributed by atoms with van der Waals surface area (Å²) in [6.45, 7) is 4.02. The van der Waals surface area contributed by atoms with Crippen LogP contribution in [0.25, 0.3) is 67.0 Å². The number of hydrogen-bond acceptors (Lipinski definition) is 4. The Labute approximate surface area is 338 Å². The number of nitrogens with zero attached hydrogens (tertiary/aromatic N) is 3. The van der Waals surface area contributed by atoms with Gasteiger partial charge < -0.3 is 4.74 Å². The van der Waals surface area contributed by atoms with E-state index < -0.39 is 5.41 Å². The van der Waals surface area contributed by atoms with Crippen molar-refractivity contribution in [3.63, 3.8) is 0 Å². The van der Waals surface area contributed by atoms with Crippen molar-refractivity contribution >= 4 is 0 Å². The lowest BCUT2D eigenvalue weighted by Gasteiger charge is -2.39. The van der Waals surface area contributed by atoms with Gasteiger partial charge in [-0.3, -0.25) is 4.98 Å². The number of pyridine rings is 1. The van der Waals surface area contributed by atoms with Gasteiger partial charge in [-0.15, -0.1) is 0 Å². The molecule has 1 aliphatic carbocycles. The molecule has 3 heterocycles. The fourth-order valence-corrected chi connectivity index (χ4v) is 9.28. The van der Waals surface area contributed by atoms with Crippen LogP contribution in [0.1, 0.15) is 33.8 Å². The maximum atomic E-state index is 6.82. The van der Waals surface area contributed by atoms with Crippen LogP contribution in [0.2, 0.25) is 0 Å². The van der Waals surface area contributed by atoms with E-state index in [0.29, 0.717) is 0 Å². The summed E-state index contributed by atoms with van der Waals surface area (Å²) in [6, 6.07) is 65.1. The van der Waals surface area contributed by atoms with Gasteiger partial charge in [-0.05, 0) is 118 Å². The van der Waals surface area contributed by atoms with E-state index in [-0.39, 0.29) is 0 Å². The molecule has 0 radical (unpaired) electrons. The third-order valence-corrected chi connectivity index (χ3v) is 11.8. The first-order valence-corrected chi connectivity index (χ1v) is 19.8. The van der Waals surface area contributed by atoms with Crippen molar-refractivity contribution in [2.24, 2.45) is 0 Å². The lowest BCUT2D eigenvalue weighted by molar-refractivity contribution is 0.436. The molecule has 0 saturated heterocycles. The molecule has 1 atom stereocenters. The maximum Gasteiger partial charge on any atom is 0.132 e. The van der Waals surface area contributed by atoms with Gasteiger partial charge in [0.1, 0.15) is 17.3 Å². The summed E-state index contributed by atoms with van der Waals surface area (Å²) in [4.78, 5) is 14.5. The molecule has 11 rings (SSSR count). The monoisotopic (exact) mass is 743 g/mol. The predicted octanol–water partition coefficient (Wildman–Crippen LogP) is 13.3. The highest BCUT2D eigenvalue weighted by molar-refractivity contribution is 5.92. The van der Waals surface area contributed by atoms with Crippen LogP contribution < -0.4 is 4.74 Å². The van der Waals surface area contributed by atoms with Crippen LogP contribution in [0.4, 0.5) is 0 Å². The normalized spacial score (nSPS) is 14.6. The molecule has 0 bridgehead atoms. The van der Waals surface area contributed by atoms with E-state index in [4.69, 9.17) is 14.7 Å². The minimum Gasteiger partial charge on any atom is -0.457 e. The molecule has 1 spiro atoms. The molecular weight excluding hydrogens is 707 g/mol. The van der Waals surface area contributed by atoms with Gasteiger partial charge in [-0.1, -0.05) is 133 Å². The maximum absolute atomic E-state index is 6.82. The van der Waals surface area contributed by atoms with E-state index in [1.165, 1.54) is 27.8 Å². The quantitative estimate of drug-likeness (QED) is 0.176. The first-order valence-electron chi connectivity index (χ1n) is 19.8. The highest BCUT2D eigenvalue weighted by Gasteiger charge is 2.51. The van der Waals surface area contributed by atoms with Crippen molar-refractivity contribution in [2.45, 2.75) is 19.3 Å². The van der Waals surface area contributed by atoms with Crippen molar-refractivity contribution < 1.29 is 4.74 Å². The average molecular weight is 744 g/mol. The zero-order chi connectivity index (χ0) is 38.8. The molecule has 0 saturated carbocycles. The van der Waals surface area contributed by atoms with Crippen LogP contribution in [0.3, 0.4) is 0 Å². The molecule has 1 unspecified atom stereocenters. The Morgan fingerprint density at radius 2 is 0.966 bits per heavy atom. The molecule has 7 aromatic carbocycles. The minimum absolute atomic E-state index is 0.654. The average Bonchev–Trinajstić information content (AvgIpc) is 3.56. The summed E-state index contributed by atoms with van der Waals surface area (Å²) >= 11 is 0. The number of fused-ring (bicyclic) bond motifs is 9. The molecule has 0 N–H and O–H groups in total. The van der Waals surface area contributed by atoms with Gasteiger partial charge in [0.2, 0.25) is 0 Å². The molecule has 0 amide bonds. The first-order chi connectivity index (χ1) is 28.5. The van der Waals surface area contributed by atoms with E-state index in [0.717, 1.165) is 84.5 Å². The summed E-state index contributed by atoms with van der Waals surface area (Å²) < 4.78 is 6.82. The first kappa shape index (κ1) is 33.9. The number of aromatic nitrogens is 3. The second-order valence-corrected chi connectivity index (χ2v) is 15.2. The smallest absolute Gasteiger partial charge is 0.132 e. The van der Waals surface area contributed by atoms with Gasteiger partial charge in [0.25, 0.3) is 0 Å². The highest BCUT2D eigenvalue weighted by atomic mass is 16.5. The molecule has 4 nitrogen and oxygen atoms in total. The molecule has 58 heavy (non-hydrogen) atoms. The van der Waals surface area contributed by atoms with E-state index in [2.05, 4.69) is 181 Å². The topological polar surface area (TPSA) is 47.9 Å². The number of para-hydroxylation sites is 1. The van der Waals surface area contributed by atoms with Crippen molar-refractivity contribution in [1.29, 1.82) is 0 Å². The van der Waals surface area contributed by atoms with Gasteiger partial charge in [0.05, 0.1) is 16.8 Å². The number of aryl methyl sites for hydroxylation is 2. The van der Waals surface area contributed by atoms with Crippen molar-refractivity contribution in [2.75, 3.05) is 0 Å². The summed E-state index contributed by atoms with van der Waals surface area (Å²) in [5.74, 6) is 2.44. The zero-order valence-electron chi connectivity index (χ0n) is 32.1. The number of rotatable bonds is 5. The highest BCUT2D eigenvalue weighted by Crippen LogP contribution is 2.63. The standard InChI is InChI=1S/C54H37N3O/c1-34-29-39(27-28-55-34)43-18-7-6-17-42(43)38-24-26-53-49(31-38)54(47-21-10-11-22-52(47)58-53)46-20-9-8-19-44(46)45-25-23-41(32-48(45)54)51-33-50(56-35(2)57-51)40-16-12-15-37(30-40)36-13-4-3-5-14-36/h3-33H,1-2H3. The lowest BCUT2D eigenvalue weighted by atomic mass is 9.65. The lowest BCUT2D eigenvalue weighted by Crippen LogP contribution is -2.32.